The van der Waals surface area contributed by atoms with Crippen molar-refractivity contribution < 1.29 is 4.79 Å². The first-order chi connectivity index (χ1) is 6.82. The normalized spacial score (nSPS) is 21.9. The zero-order valence-electron chi connectivity index (χ0n) is 10.3. The van der Waals surface area contributed by atoms with Gasteiger partial charge in [-0.1, -0.05) is 0 Å². The molecule has 0 aromatic rings. The number of hydrogen-bond acceptors (Lipinski definition) is 3. The van der Waals surface area contributed by atoms with Crippen LogP contribution in [0.4, 0.5) is 0 Å². The van der Waals surface area contributed by atoms with E-state index < -0.39 is 0 Å². The van der Waals surface area contributed by atoms with Crippen molar-refractivity contribution in [3.63, 3.8) is 0 Å². The highest BCUT2D eigenvalue weighted by Crippen LogP contribution is 2.22. The zero-order chi connectivity index (χ0) is 11.6. The molecule has 1 amide bonds. The quantitative estimate of drug-likeness (QED) is 0.743. The van der Waals surface area contributed by atoms with Gasteiger partial charge in [0.25, 0.3) is 0 Å². The maximum Gasteiger partial charge on any atom is 0.237 e. The third-order valence-corrected chi connectivity index (χ3v) is 2.46. The van der Waals surface area contributed by atoms with Crippen LogP contribution in [0.15, 0.2) is 0 Å². The van der Waals surface area contributed by atoms with Crippen molar-refractivity contribution in [3.05, 3.63) is 0 Å². The lowest BCUT2D eigenvalue weighted by Crippen LogP contribution is -2.60. The lowest BCUT2D eigenvalue weighted by molar-refractivity contribution is -0.170. The second kappa shape index (κ2) is 4.49. The highest BCUT2D eigenvalue weighted by Gasteiger charge is 2.34. The van der Waals surface area contributed by atoms with Gasteiger partial charge < -0.3 is 5.73 Å². The molecule has 4 heteroatoms. The van der Waals surface area contributed by atoms with Gasteiger partial charge in [-0.25, -0.2) is 5.01 Å². The molecule has 1 saturated heterocycles. The number of hydrazine groups is 1. The number of amides is 1. The molecule has 0 aromatic carbocycles. The molecule has 0 bridgehead atoms. The maximum atomic E-state index is 11.9. The zero-order valence-corrected chi connectivity index (χ0v) is 10.3. The minimum Gasteiger partial charge on any atom is -0.327 e. The van der Waals surface area contributed by atoms with Crippen LogP contribution in [0.3, 0.4) is 0 Å². The van der Waals surface area contributed by atoms with Crippen LogP contribution in [-0.2, 0) is 4.79 Å². The number of nitrogens with two attached hydrogens (primary N) is 1. The van der Waals surface area contributed by atoms with Crippen LogP contribution in [0.25, 0.3) is 0 Å². The Balaban J connectivity index is 2.78. The van der Waals surface area contributed by atoms with Crippen molar-refractivity contribution in [1.29, 1.82) is 0 Å². The Kier molecular flexibility index (Phi) is 3.73. The average molecular weight is 213 g/mol. The number of hydrogen-bond donors (Lipinski definition) is 1. The smallest absolute Gasteiger partial charge is 0.237 e. The van der Waals surface area contributed by atoms with Crippen LogP contribution in [-0.4, -0.2) is 40.6 Å². The van der Waals surface area contributed by atoms with Crippen LogP contribution in [0, 0.1) is 0 Å². The van der Waals surface area contributed by atoms with E-state index in [4.69, 9.17) is 5.73 Å². The SMILES string of the molecule is CC(N)CN1CCCC(=O)N1C(C)(C)C. The summed E-state index contributed by atoms with van der Waals surface area (Å²) < 4.78 is 0. The van der Waals surface area contributed by atoms with Crippen molar-refractivity contribution in [3.8, 4) is 0 Å². The van der Waals surface area contributed by atoms with Crippen LogP contribution < -0.4 is 5.73 Å². The topological polar surface area (TPSA) is 49.6 Å². The third-order valence-electron chi connectivity index (χ3n) is 2.46. The maximum absolute atomic E-state index is 11.9. The Bertz CT molecular complexity index is 232. The van der Waals surface area contributed by atoms with Crippen molar-refractivity contribution >= 4 is 5.91 Å². The highest BCUT2D eigenvalue weighted by molar-refractivity contribution is 5.77. The van der Waals surface area contributed by atoms with E-state index in [1.54, 1.807) is 0 Å². The van der Waals surface area contributed by atoms with Gasteiger partial charge in [0.1, 0.15) is 0 Å². The van der Waals surface area contributed by atoms with Gasteiger partial charge in [0.2, 0.25) is 5.91 Å². The van der Waals surface area contributed by atoms with Gasteiger partial charge in [0.05, 0.1) is 5.54 Å². The summed E-state index contributed by atoms with van der Waals surface area (Å²) in [6.07, 6.45) is 1.60. The second-order valence-electron chi connectivity index (χ2n) is 5.37. The number of carbonyl (C=O) groups excluding carboxylic acids is 1. The molecule has 1 unspecified atom stereocenters. The molecular weight excluding hydrogens is 190 g/mol. The summed E-state index contributed by atoms with van der Waals surface area (Å²) in [5.74, 6) is 0.217. The van der Waals surface area contributed by atoms with Crippen LogP contribution >= 0.6 is 0 Å². The first-order valence-electron chi connectivity index (χ1n) is 5.66. The standard InChI is InChI=1S/C11H23N3O/c1-9(12)8-13-7-5-6-10(15)14(13)11(2,3)4/h9H,5-8,12H2,1-4H3. The lowest BCUT2D eigenvalue weighted by Gasteiger charge is -2.47. The lowest BCUT2D eigenvalue weighted by atomic mass is 10.1. The van der Waals surface area contributed by atoms with Crippen LogP contribution in [0.5, 0.6) is 0 Å². The van der Waals surface area contributed by atoms with E-state index in [2.05, 4.69) is 25.8 Å². The number of carbonyl (C=O) groups is 1. The fraction of sp³-hybridized carbons (Fsp3) is 0.909. The molecule has 1 heterocycles. The second-order valence-corrected chi connectivity index (χ2v) is 5.37. The molecule has 0 aliphatic carbocycles. The van der Waals surface area contributed by atoms with Crippen LogP contribution in [0.1, 0.15) is 40.5 Å². The molecule has 88 valence electrons. The van der Waals surface area contributed by atoms with Crippen molar-refractivity contribution in [1.82, 2.24) is 10.0 Å². The van der Waals surface area contributed by atoms with Gasteiger partial charge in [0, 0.05) is 25.6 Å². The van der Waals surface area contributed by atoms with Crippen molar-refractivity contribution in [2.24, 2.45) is 5.73 Å². The Morgan fingerprint density at radius 1 is 1.47 bits per heavy atom. The molecule has 4 nitrogen and oxygen atoms in total. The molecule has 1 atom stereocenters. The molecule has 0 radical (unpaired) electrons. The third kappa shape index (κ3) is 3.18. The summed E-state index contributed by atoms with van der Waals surface area (Å²) in [4.78, 5) is 11.9. The van der Waals surface area contributed by atoms with E-state index in [1.165, 1.54) is 0 Å². The first kappa shape index (κ1) is 12.5. The van der Waals surface area contributed by atoms with E-state index in [9.17, 15) is 4.79 Å². The molecule has 1 rings (SSSR count). The molecule has 1 aliphatic heterocycles. The summed E-state index contributed by atoms with van der Waals surface area (Å²) in [5.41, 5.74) is 5.65. The van der Waals surface area contributed by atoms with Gasteiger partial charge >= 0.3 is 0 Å². The Morgan fingerprint density at radius 2 is 2.07 bits per heavy atom. The van der Waals surface area contributed by atoms with Gasteiger partial charge in [0.15, 0.2) is 0 Å². The predicted octanol–water partition coefficient (Wildman–Crippen LogP) is 0.971. The largest absolute Gasteiger partial charge is 0.327 e. The Hall–Kier alpha value is -0.610. The molecule has 2 N–H and O–H groups in total. The highest BCUT2D eigenvalue weighted by atomic mass is 16.2. The first-order valence-corrected chi connectivity index (χ1v) is 5.66. The van der Waals surface area contributed by atoms with Gasteiger partial charge in [-0.05, 0) is 34.1 Å². The summed E-state index contributed by atoms with van der Waals surface area (Å²) in [7, 11) is 0. The van der Waals surface area contributed by atoms with E-state index >= 15 is 0 Å². The van der Waals surface area contributed by atoms with E-state index in [0.29, 0.717) is 6.42 Å². The fourth-order valence-corrected chi connectivity index (χ4v) is 2.08. The molecule has 0 saturated carbocycles. The van der Waals surface area contributed by atoms with Gasteiger partial charge in [-0.15, -0.1) is 0 Å². The van der Waals surface area contributed by atoms with Crippen LogP contribution in [0.2, 0.25) is 0 Å². The van der Waals surface area contributed by atoms with E-state index in [1.807, 2.05) is 11.9 Å². The molecule has 1 aliphatic rings. The molecule has 15 heavy (non-hydrogen) atoms. The van der Waals surface area contributed by atoms with Crippen molar-refractivity contribution in [2.45, 2.75) is 52.1 Å². The van der Waals surface area contributed by atoms with E-state index in [0.717, 1.165) is 19.5 Å². The van der Waals surface area contributed by atoms with Gasteiger partial charge in [-0.3, -0.25) is 9.80 Å². The summed E-state index contributed by atoms with van der Waals surface area (Å²) in [5, 5.41) is 3.97. The summed E-state index contributed by atoms with van der Waals surface area (Å²) >= 11 is 0. The average Bonchev–Trinajstić information content (AvgIpc) is 1.99. The number of rotatable bonds is 2. The number of nitrogens with zero attached hydrogens (tertiary/aromatic N) is 2. The summed E-state index contributed by atoms with van der Waals surface area (Å²) in [6, 6.07) is 0.0979. The predicted molar refractivity (Wildman–Crippen MR) is 61.1 cm³/mol. The monoisotopic (exact) mass is 213 g/mol. The molecular formula is C11H23N3O. The Morgan fingerprint density at radius 3 is 2.53 bits per heavy atom. The minimum absolute atomic E-state index is 0.0979. The fourth-order valence-electron chi connectivity index (χ4n) is 2.08. The van der Waals surface area contributed by atoms with Crippen molar-refractivity contribution in [2.75, 3.05) is 13.1 Å². The molecule has 1 fully saturated rings. The molecule has 0 aromatic heterocycles. The minimum atomic E-state index is -0.146. The van der Waals surface area contributed by atoms with Gasteiger partial charge in [-0.2, -0.15) is 0 Å². The van der Waals surface area contributed by atoms with E-state index in [-0.39, 0.29) is 17.5 Å². The Labute approximate surface area is 92.4 Å². The summed E-state index contributed by atoms with van der Waals surface area (Å²) in [6.45, 7) is 9.84. The molecule has 0 spiro atoms.